The molecule has 160 valence electrons. The number of nitrogens with zero attached hydrogens (tertiary/aromatic N) is 1. The molecule has 2 amide bonds. The molecule has 1 heterocycles. The smallest absolute Gasteiger partial charge is 0.226 e. The van der Waals surface area contributed by atoms with Crippen LogP contribution in [0.5, 0.6) is 0 Å². The van der Waals surface area contributed by atoms with Crippen molar-refractivity contribution >= 4 is 11.8 Å². The Kier molecular flexibility index (Phi) is 7.30. The van der Waals surface area contributed by atoms with E-state index in [2.05, 4.69) is 41.7 Å². The molecule has 4 nitrogen and oxygen atoms in total. The van der Waals surface area contributed by atoms with Gasteiger partial charge in [0.25, 0.3) is 0 Å². The van der Waals surface area contributed by atoms with E-state index in [0.717, 1.165) is 6.42 Å². The van der Waals surface area contributed by atoms with Crippen LogP contribution in [0.3, 0.4) is 0 Å². The van der Waals surface area contributed by atoms with Crippen molar-refractivity contribution in [1.29, 1.82) is 0 Å². The molecule has 1 aliphatic rings. The Labute approximate surface area is 180 Å². The lowest BCUT2D eigenvalue weighted by Crippen LogP contribution is -2.52. The van der Waals surface area contributed by atoms with Crippen molar-refractivity contribution in [3.05, 3.63) is 60.2 Å². The van der Waals surface area contributed by atoms with Crippen LogP contribution in [-0.2, 0) is 16.0 Å². The van der Waals surface area contributed by atoms with Crippen molar-refractivity contribution in [2.45, 2.75) is 58.9 Å². The largest absolute Gasteiger partial charge is 0.353 e. The molecule has 1 aliphatic heterocycles. The Bertz CT molecular complexity index is 835. The first-order chi connectivity index (χ1) is 14.4. The minimum atomic E-state index is -0.457. The normalized spacial score (nSPS) is 15.8. The van der Waals surface area contributed by atoms with Gasteiger partial charge in [-0.3, -0.25) is 9.59 Å². The van der Waals surface area contributed by atoms with E-state index < -0.39 is 5.41 Å². The minimum Gasteiger partial charge on any atom is -0.353 e. The second-order valence-electron chi connectivity index (χ2n) is 8.78. The van der Waals surface area contributed by atoms with Crippen LogP contribution < -0.4 is 5.32 Å². The van der Waals surface area contributed by atoms with Crippen molar-refractivity contribution in [3.63, 3.8) is 0 Å². The quantitative estimate of drug-likeness (QED) is 0.716. The summed E-state index contributed by atoms with van der Waals surface area (Å²) in [6.07, 6.45) is 3.58. The fourth-order valence-electron chi connectivity index (χ4n) is 4.29. The Morgan fingerprint density at radius 2 is 1.57 bits per heavy atom. The van der Waals surface area contributed by atoms with Crippen molar-refractivity contribution < 1.29 is 9.59 Å². The number of carbonyl (C=O) groups excluding carboxylic acids is 2. The van der Waals surface area contributed by atoms with E-state index in [-0.39, 0.29) is 17.9 Å². The molecule has 1 fully saturated rings. The summed E-state index contributed by atoms with van der Waals surface area (Å²) in [6.45, 7) is 7.35. The van der Waals surface area contributed by atoms with Gasteiger partial charge in [0, 0.05) is 25.6 Å². The average Bonchev–Trinajstić information content (AvgIpc) is 2.75. The molecule has 0 aliphatic carbocycles. The number of carbonyl (C=O) groups is 2. The van der Waals surface area contributed by atoms with Gasteiger partial charge in [0.05, 0.1) is 5.41 Å². The highest BCUT2D eigenvalue weighted by atomic mass is 16.2. The number of benzene rings is 2. The van der Waals surface area contributed by atoms with Crippen molar-refractivity contribution in [3.8, 4) is 11.1 Å². The van der Waals surface area contributed by atoms with Gasteiger partial charge in [-0.25, -0.2) is 0 Å². The molecular formula is C26H34N2O2. The van der Waals surface area contributed by atoms with E-state index >= 15 is 0 Å². The summed E-state index contributed by atoms with van der Waals surface area (Å²) in [5.74, 6) is 0.329. The molecule has 2 aromatic rings. The van der Waals surface area contributed by atoms with Crippen LogP contribution in [0.25, 0.3) is 11.1 Å². The van der Waals surface area contributed by atoms with Gasteiger partial charge in [0.1, 0.15) is 0 Å². The first kappa shape index (κ1) is 22.1. The van der Waals surface area contributed by atoms with Gasteiger partial charge in [-0.15, -0.1) is 0 Å². The molecule has 4 heteroatoms. The fraction of sp³-hybridized carbons (Fsp3) is 0.462. The lowest BCUT2D eigenvalue weighted by Gasteiger charge is -2.41. The first-order valence-corrected chi connectivity index (χ1v) is 11.2. The van der Waals surface area contributed by atoms with E-state index in [1.54, 1.807) is 0 Å². The maximum Gasteiger partial charge on any atom is 0.226 e. The summed E-state index contributed by atoms with van der Waals surface area (Å²) in [4.78, 5) is 27.5. The third kappa shape index (κ3) is 5.29. The number of hydrogen-bond donors (Lipinski definition) is 1. The topological polar surface area (TPSA) is 49.4 Å². The molecule has 0 aromatic heterocycles. The summed E-state index contributed by atoms with van der Waals surface area (Å²) < 4.78 is 0. The number of piperidine rings is 1. The average molecular weight is 407 g/mol. The monoisotopic (exact) mass is 406 g/mol. The highest BCUT2D eigenvalue weighted by Gasteiger charge is 2.42. The van der Waals surface area contributed by atoms with Gasteiger partial charge < -0.3 is 10.2 Å². The Morgan fingerprint density at radius 3 is 2.13 bits per heavy atom. The van der Waals surface area contributed by atoms with Crippen LogP contribution in [0.15, 0.2) is 54.6 Å². The third-order valence-corrected chi connectivity index (χ3v) is 6.04. The summed E-state index contributed by atoms with van der Waals surface area (Å²) in [5, 5.41) is 3.14. The molecule has 0 atom stereocenters. The third-order valence-electron chi connectivity index (χ3n) is 6.04. The lowest BCUT2D eigenvalue weighted by molar-refractivity contribution is -0.141. The maximum atomic E-state index is 13.2. The SMILES string of the molecule is CCCC(=O)N1CCC(Cc2ccc(-c3ccccc3)cc2)(C(=O)NC(C)C)CC1. The molecule has 1 N–H and O–H groups in total. The minimum absolute atomic E-state index is 0.106. The highest BCUT2D eigenvalue weighted by molar-refractivity contribution is 5.84. The molecule has 3 rings (SSSR count). The van der Waals surface area contributed by atoms with E-state index in [9.17, 15) is 9.59 Å². The van der Waals surface area contributed by atoms with Gasteiger partial charge in [0.2, 0.25) is 11.8 Å². The van der Waals surface area contributed by atoms with Crippen LogP contribution in [0.1, 0.15) is 52.0 Å². The van der Waals surface area contributed by atoms with E-state index in [4.69, 9.17) is 0 Å². The molecule has 0 bridgehead atoms. The molecule has 30 heavy (non-hydrogen) atoms. The summed E-state index contributed by atoms with van der Waals surface area (Å²) >= 11 is 0. The predicted molar refractivity (Wildman–Crippen MR) is 122 cm³/mol. The fourth-order valence-corrected chi connectivity index (χ4v) is 4.29. The highest BCUT2D eigenvalue weighted by Crippen LogP contribution is 2.36. The van der Waals surface area contributed by atoms with Gasteiger partial charge in [0.15, 0.2) is 0 Å². The van der Waals surface area contributed by atoms with Crippen molar-refractivity contribution in [2.24, 2.45) is 5.41 Å². The molecule has 0 saturated carbocycles. The number of hydrogen-bond acceptors (Lipinski definition) is 2. The van der Waals surface area contributed by atoms with Crippen LogP contribution in [-0.4, -0.2) is 35.8 Å². The van der Waals surface area contributed by atoms with E-state index in [1.807, 2.05) is 43.9 Å². The second-order valence-corrected chi connectivity index (χ2v) is 8.78. The Morgan fingerprint density at radius 1 is 0.967 bits per heavy atom. The lowest BCUT2D eigenvalue weighted by atomic mass is 9.72. The summed E-state index contributed by atoms with van der Waals surface area (Å²) in [5.41, 5.74) is 3.09. The molecule has 2 aromatic carbocycles. The zero-order valence-electron chi connectivity index (χ0n) is 18.5. The van der Waals surface area contributed by atoms with Gasteiger partial charge >= 0.3 is 0 Å². The summed E-state index contributed by atoms with van der Waals surface area (Å²) in [6, 6.07) is 19.0. The molecule has 0 spiro atoms. The standard InChI is InChI=1S/C26H34N2O2/c1-4-8-24(29)28-17-15-26(16-18-28,25(30)27-20(2)3)19-21-11-13-23(14-12-21)22-9-6-5-7-10-22/h5-7,9-14,20H,4,8,15-19H2,1-3H3,(H,27,30). The van der Waals surface area contributed by atoms with Gasteiger partial charge in [-0.05, 0) is 56.2 Å². The molecule has 1 saturated heterocycles. The van der Waals surface area contributed by atoms with Crippen LogP contribution in [0.2, 0.25) is 0 Å². The van der Waals surface area contributed by atoms with Gasteiger partial charge in [-0.2, -0.15) is 0 Å². The van der Waals surface area contributed by atoms with Crippen LogP contribution in [0, 0.1) is 5.41 Å². The van der Waals surface area contributed by atoms with Crippen LogP contribution in [0.4, 0.5) is 0 Å². The molecule has 0 unspecified atom stereocenters. The number of amides is 2. The maximum absolute atomic E-state index is 13.2. The van der Waals surface area contributed by atoms with Crippen molar-refractivity contribution in [2.75, 3.05) is 13.1 Å². The Hall–Kier alpha value is -2.62. The van der Waals surface area contributed by atoms with Crippen molar-refractivity contribution in [1.82, 2.24) is 10.2 Å². The molecular weight excluding hydrogens is 372 g/mol. The Balaban J connectivity index is 1.76. The first-order valence-electron chi connectivity index (χ1n) is 11.2. The second kappa shape index (κ2) is 9.92. The summed E-state index contributed by atoms with van der Waals surface area (Å²) in [7, 11) is 0. The predicted octanol–water partition coefficient (Wildman–Crippen LogP) is 4.83. The van der Waals surface area contributed by atoms with Gasteiger partial charge in [-0.1, -0.05) is 61.5 Å². The van der Waals surface area contributed by atoms with E-state index in [0.29, 0.717) is 38.8 Å². The number of likely N-dealkylation sites (tertiary alicyclic amines) is 1. The number of rotatable bonds is 7. The van der Waals surface area contributed by atoms with Crippen LogP contribution >= 0.6 is 0 Å². The van der Waals surface area contributed by atoms with E-state index in [1.165, 1.54) is 16.7 Å². The number of nitrogens with one attached hydrogen (secondary N) is 1. The molecule has 0 radical (unpaired) electrons. The zero-order chi connectivity index (χ0) is 21.6. The zero-order valence-corrected chi connectivity index (χ0v) is 18.5.